The quantitative estimate of drug-likeness (QED) is 0.183. The third kappa shape index (κ3) is 4.73. The normalized spacial score (nSPS) is 17.1. The van der Waals surface area contributed by atoms with Crippen LogP contribution in [-0.2, 0) is 11.2 Å². The van der Waals surface area contributed by atoms with E-state index in [4.69, 9.17) is 10.7 Å². The second kappa shape index (κ2) is 10.2. The molecule has 1 aliphatic rings. The van der Waals surface area contributed by atoms with Crippen LogP contribution in [0.5, 0.6) is 0 Å². The minimum atomic E-state index is -0.145. The van der Waals surface area contributed by atoms with E-state index < -0.39 is 0 Å². The summed E-state index contributed by atoms with van der Waals surface area (Å²) in [5.74, 6) is 0.522. The van der Waals surface area contributed by atoms with Gasteiger partial charge in [-0.05, 0) is 23.1 Å². The van der Waals surface area contributed by atoms with Gasteiger partial charge in [-0.1, -0.05) is 72.4 Å². The smallest absolute Gasteiger partial charge is 0.236 e. The first-order valence-electron chi connectivity index (χ1n) is 11.3. The molecule has 6 rings (SSSR count). The molecule has 1 aliphatic heterocycles. The Hall–Kier alpha value is -2.92. The standard InChI is InChI=1S/C26H21N5OS4/c27-23-20-17-13-18(15-7-3-1-4-8-15)35-21(16-9-5-2-6-10-16)22(17)36-24(20)31-26(30-23)34-14-19(32)29-25-28-11-12-33-25/h1-12,18,21H,13-14H2,(H2,27,30,31)(H,28,29,32)/t18-,21+/m0/s1. The Bertz CT molecular complexity index is 1510. The van der Waals surface area contributed by atoms with Crippen molar-refractivity contribution in [3.05, 3.63) is 93.8 Å². The average molecular weight is 548 g/mol. The van der Waals surface area contributed by atoms with E-state index in [1.54, 1.807) is 17.5 Å². The van der Waals surface area contributed by atoms with Crippen molar-refractivity contribution in [3.63, 3.8) is 0 Å². The lowest BCUT2D eigenvalue weighted by molar-refractivity contribution is -0.113. The molecule has 0 fully saturated rings. The highest BCUT2D eigenvalue weighted by Gasteiger charge is 2.34. The van der Waals surface area contributed by atoms with Gasteiger partial charge in [-0.2, -0.15) is 0 Å². The van der Waals surface area contributed by atoms with Crippen LogP contribution in [0, 0.1) is 0 Å². The molecule has 10 heteroatoms. The molecule has 0 bridgehead atoms. The van der Waals surface area contributed by atoms with Gasteiger partial charge in [0.1, 0.15) is 10.6 Å². The van der Waals surface area contributed by atoms with Gasteiger partial charge >= 0.3 is 0 Å². The van der Waals surface area contributed by atoms with Gasteiger partial charge in [0.05, 0.1) is 16.4 Å². The third-order valence-corrected chi connectivity index (χ3v) is 10.3. The van der Waals surface area contributed by atoms with E-state index in [9.17, 15) is 4.79 Å². The number of hydrogen-bond acceptors (Lipinski definition) is 9. The number of rotatable bonds is 6. The van der Waals surface area contributed by atoms with E-state index in [-0.39, 0.29) is 16.9 Å². The Morgan fingerprint density at radius 1 is 1.06 bits per heavy atom. The molecule has 3 N–H and O–H groups in total. The van der Waals surface area contributed by atoms with Gasteiger partial charge in [0.2, 0.25) is 5.91 Å². The van der Waals surface area contributed by atoms with Crippen LogP contribution in [0.2, 0.25) is 0 Å². The SMILES string of the molecule is Nc1nc(SCC(=O)Nc2nccs2)nc2sc3c(c12)C[C@@H](c1ccccc1)S[C@@H]3c1ccccc1. The van der Waals surface area contributed by atoms with Crippen molar-refractivity contribution in [3.8, 4) is 0 Å². The highest BCUT2D eigenvalue weighted by atomic mass is 32.2. The van der Waals surface area contributed by atoms with E-state index >= 15 is 0 Å². The fourth-order valence-corrected chi connectivity index (χ4v) is 8.59. The van der Waals surface area contributed by atoms with Gasteiger partial charge in [0.25, 0.3) is 0 Å². The first-order valence-corrected chi connectivity index (χ1v) is 14.9. The number of amides is 1. The highest BCUT2D eigenvalue weighted by molar-refractivity contribution is 8.00. The summed E-state index contributed by atoms with van der Waals surface area (Å²) in [6, 6.07) is 21.3. The van der Waals surface area contributed by atoms with Crippen LogP contribution in [-0.4, -0.2) is 26.6 Å². The molecule has 2 atom stereocenters. The molecule has 0 spiro atoms. The summed E-state index contributed by atoms with van der Waals surface area (Å²) < 4.78 is 0. The number of nitrogens with two attached hydrogens (primary N) is 1. The molecular weight excluding hydrogens is 527 g/mol. The molecule has 1 amide bonds. The molecule has 2 aromatic carbocycles. The van der Waals surface area contributed by atoms with E-state index in [0.29, 0.717) is 21.4 Å². The number of carbonyl (C=O) groups is 1. The lowest BCUT2D eigenvalue weighted by atomic mass is 9.98. The Kier molecular flexibility index (Phi) is 6.66. The fraction of sp³-hybridized carbons (Fsp3) is 0.154. The molecule has 0 aliphatic carbocycles. The van der Waals surface area contributed by atoms with Gasteiger partial charge < -0.3 is 11.1 Å². The van der Waals surface area contributed by atoms with Crippen molar-refractivity contribution in [2.45, 2.75) is 22.1 Å². The summed E-state index contributed by atoms with van der Waals surface area (Å²) in [5.41, 5.74) is 10.4. The lowest BCUT2D eigenvalue weighted by Crippen LogP contribution is -2.14. The zero-order valence-corrected chi connectivity index (χ0v) is 22.2. The molecule has 0 saturated heterocycles. The number of hydrogen-bond donors (Lipinski definition) is 2. The van der Waals surface area contributed by atoms with Crippen LogP contribution in [0.25, 0.3) is 10.2 Å². The summed E-state index contributed by atoms with van der Waals surface area (Å²) in [5, 5.41) is 7.16. The number of thioether (sulfide) groups is 2. The predicted molar refractivity (Wildman–Crippen MR) is 152 cm³/mol. The monoisotopic (exact) mass is 547 g/mol. The van der Waals surface area contributed by atoms with Crippen molar-refractivity contribution in [1.82, 2.24) is 15.0 Å². The first-order chi connectivity index (χ1) is 17.7. The van der Waals surface area contributed by atoms with E-state index in [1.807, 2.05) is 17.1 Å². The van der Waals surface area contributed by atoms with Gasteiger partial charge in [-0.15, -0.1) is 34.4 Å². The van der Waals surface area contributed by atoms with Gasteiger partial charge in [0, 0.05) is 21.7 Å². The summed E-state index contributed by atoms with van der Waals surface area (Å²) in [6.45, 7) is 0. The largest absolute Gasteiger partial charge is 0.383 e. The summed E-state index contributed by atoms with van der Waals surface area (Å²) in [4.78, 5) is 28.0. The maximum atomic E-state index is 12.3. The van der Waals surface area contributed by atoms with Crippen LogP contribution in [0.3, 0.4) is 0 Å². The van der Waals surface area contributed by atoms with Crippen LogP contribution in [0.4, 0.5) is 10.9 Å². The van der Waals surface area contributed by atoms with Crippen LogP contribution < -0.4 is 11.1 Å². The van der Waals surface area contributed by atoms with Crippen LogP contribution >= 0.6 is 46.2 Å². The highest BCUT2D eigenvalue weighted by Crippen LogP contribution is 2.55. The molecule has 180 valence electrons. The van der Waals surface area contributed by atoms with Gasteiger partial charge in [-0.25, -0.2) is 15.0 Å². The van der Waals surface area contributed by atoms with Crippen molar-refractivity contribution in [1.29, 1.82) is 0 Å². The number of nitrogens with zero attached hydrogens (tertiary/aromatic N) is 3. The number of aromatic nitrogens is 3. The first kappa shape index (κ1) is 23.5. The van der Waals surface area contributed by atoms with Crippen molar-refractivity contribution >= 4 is 73.3 Å². The molecule has 0 saturated carbocycles. The maximum absolute atomic E-state index is 12.3. The Morgan fingerprint density at radius 2 is 1.81 bits per heavy atom. The topological polar surface area (TPSA) is 93.8 Å². The van der Waals surface area contributed by atoms with Crippen LogP contribution in [0.1, 0.15) is 32.1 Å². The fourth-order valence-electron chi connectivity index (χ4n) is 4.31. The number of thiazole rings is 1. The van der Waals surface area contributed by atoms with Crippen molar-refractivity contribution < 1.29 is 4.79 Å². The number of thiophene rings is 1. The molecule has 36 heavy (non-hydrogen) atoms. The minimum absolute atomic E-state index is 0.145. The molecule has 0 unspecified atom stereocenters. The average Bonchev–Trinajstić information content (AvgIpc) is 3.55. The summed E-state index contributed by atoms with van der Waals surface area (Å²) in [6.07, 6.45) is 2.54. The predicted octanol–water partition coefficient (Wildman–Crippen LogP) is 6.58. The van der Waals surface area contributed by atoms with Crippen molar-refractivity contribution in [2.75, 3.05) is 16.8 Å². The number of fused-ring (bicyclic) bond motifs is 3. The number of nitrogens with one attached hydrogen (secondary N) is 1. The lowest BCUT2D eigenvalue weighted by Gasteiger charge is -2.30. The van der Waals surface area contributed by atoms with Gasteiger partial charge in [-0.3, -0.25) is 4.79 Å². The van der Waals surface area contributed by atoms with E-state index in [0.717, 1.165) is 16.6 Å². The number of benzene rings is 2. The minimum Gasteiger partial charge on any atom is -0.383 e. The molecule has 6 nitrogen and oxygen atoms in total. The zero-order valence-electron chi connectivity index (χ0n) is 19.0. The number of carbonyl (C=O) groups excluding carboxylic acids is 1. The molecule has 4 heterocycles. The Balaban J connectivity index is 1.34. The Labute approximate surface area is 224 Å². The number of anilines is 2. The summed E-state index contributed by atoms with van der Waals surface area (Å²) >= 11 is 6.34. The molecule has 5 aromatic rings. The van der Waals surface area contributed by atoms with Crippen LogP contribution in [0.15, 0.2) is 77.4 Å². The molecule has 0 radical (unpaired) electrons. The van der Waals surface area contributed by atoms with E-state index in [2.05, 4.69) is 75.9 Å². The van der Waals surface area contributed by atoms with E-state index in [1.165, 1.54) is 44.7 Å². The van der Waals surface area contributed by atoms with Crippen molar-refractivity contribution in [2.24, 2.45) is 0 Å². The molecule has 3 aromatic heterocycles. The maximum Gasteiger partial charge on any atom is 0.236 e. The third-order valence-electron chi connectivity index (χ3n) is 5.90. The zero-order chi connectivity index (χ0) is 24.5. The second-order valence-corrected chi connectivity index (χ2v) is 12.4. The summed E-state index contributed by atoms with van der Waals surface area (Å²) in [7, 11) is 0. The molecular formula is C26H21N5OS4. The number of nitrogen functional groups attached to an aromatic ring is 1. The second-order valence-electron chi connectivity index (χ2n) is 8.22. The Morgan fingerprint density at radius 3 is 2.53 bits per heavy atom. The van der Waals surface area contributed by atoms with Gasteiger partial charge in [0.15, 0.2) is 10.3 Å².